The first-order chi connectivity index (χ1) is 19.8. The zero-order valence-corrected chi connectivity index (χ0v) is 22.3. The molecular formula is C37H27BNO. The summed E-state index contributed by atoms with van der Waals surface area (Å²) in [7, 11) is 2.12. The fourth-order valence-corrected chi connectivity index (χ4v) is 5.46. The highest BCUT2D eigenvalue weighted by Gasteiger charge is 2.15. The predicted molar refractivity (Wildman–Crippen MR) is 171 cm³/mol. The average Bonchev–Trinajstić information content (AvgIpc) is 3.42. The van der Waals surface area contributed by atoms with Gasteiger partial charge in [-0.05, 0) is 59.2 Å². The lowest BCUT2D eigenvalue weighted by atomic mass is 9.73. The molecule has 6 aromatic carbocycles. The number of fused-ring (bicyclic) bond motifs is 3. The molecule has 0 aliphatic heterocycles. The molecule has 0 saturated carbocycles. The van der Waals surface area contributed by atoms with Crippen LogP contribution in [0.3, 0.4) is 0 Å². The molecule has 3 heteroatoms. The van der Waals surface area contributed by atoms with Crippen molar-refractivity contribution in [2.45, 2.75) is 6.82 Å². The molecule has 2 nitrogen and oxygen atoms in total. The van der Waals surface area contributed by atoms with E-state index in [-0.39, 0.29) is 0 Å². The third-order valence-electron chi connectivity index (χ3n) is 7.56. The Morgan fingerprint density at radius 2 is 1.02 bits per heavy atom. The van der Waals surface area contributed by atoms with Crippen LogP contribution in [0, 0.1) is 0 Å². The van der Waals surface area contributed by atoms with Crippen molar-refractivity contribution in [2.75, 3.05) is 4.90 Å². The molecular weight excluding hydrogens is 485 g/mol. The number of benzene rings is 6. The molecule has 0 spiro atoms. The summed E-state index contributed by atoms with van der Waals surface area (Å²) in [5.74, 6) is 0. The van der Waals surface area contributed by atoms with E-state index in [1.54, 1.807) is 0 Å². The van der Waals surface area contributed by atoms with Gasteiger partial charge in [0.25, 0.3) is 0 Å². The summed E-state index contributed by atoms with van der Waals surface area (Å²) in [4.78, 5) is 2.31. The maximum absolute atomic E-state index is 6.31. The molecule has 0 bridgehead atoms. The second kappa shape index (κ2) is 10.3. The standard InChI is InChI=1S/C37H27BNO/c1-38-29-18-24-32(25-19-29)39(30-20-14-27(15-21-30)26-8-3-2-4-9-26)31-22-16-28(17-23-31)33-11-7-12-35-34-10-5-6-13-36(34)40-37(33)35/h2-25H,1H3. The molecule has 40 heavy (non-hydrogen) atoms. The third kappa shape index (κ3) is 4.36. The van der Waals surface area contributed by atoms with Crippen molar-refractivity contribution in [3.63, 3.8) is 0 Å². The summed E-state index contributed by atoms with van der Waals surface area (Å²) in [6, 6.07) is 51.4. The molecule has 7 aromatic rings. The molecule has 0 atom stereocenters. The largest absolute Gasteiger partial charge is 0.455 e. The van der Waals surface area contributed by atoms with Crippen LogP contribution in [0.4, 0.5) is 17.1 Å². The van der Waals surface area contributed by atoms with Crippen LogP contribution >= 0.6 is 0 Å². The van der Waals surface area contributed by atoms with Crippen molar-refractivity contribution in [2.24, 2.45) is 0 Å². The van der Waals surface area contributed by atoms with E-state index in [1.807, 2.05) is 12.1 Å². The van der Waals surface area contributed by atoms with E-state index in [4.69, 9.17) is 4.42 Å². The lowest BCUT2D eigenvalue weighted by molar-refractivity contribution is 0.670. The van der Waals surface area contributed by atoms with Crippen LogP contribution in [0.1, 0.15) is 0 Å². The minimum absolute atomic E-state index is 0.916. The van der Waals surface area contributed by atoms with E-state index in [1.165, 1.54) is 16.6 Å². The van der Waals surface area contributed by atoms with E-state index in [0.29, 0.717) is 0 Å². The molecule has 7 rings (SSSR count). The van der Waals surface area contributed by atoms with E-state index < -0.39 is 0 Å². The Kier molecular flexibility index (Phi) is 6.18. The van der Waals surface area contributed by atoms with Gasteiger partial charge < -0.3 is 9.32 Å². The first-order valence-electron chi connectivity index (χ1n) is 13.6. The maximum atomic E-state index is 6.31. The first-order valence-corrected chi connectivity index (χ1v) is 13.6. The number of para-hydroxylation sites is 2. The predicted octanol–water partition coefficient (Wildman–Crippen LogP) is 9.77. The minimum Gasteiger partial charge on any atom is -0.455 e. The van der Waals surface area contributed by atoms with Crippen molar-refractivity contribution in [3.8, 4) is 22.3 Å². The second-order valence-electron chi connectivity index (χ2n) is 9.96. The lowest BCUT2D eigenvalue weighted by Gasteiger charge is -2.26. The number of anilines is 3. The number of furan rings is 1. The topological polar surface area (TPSA) is 16.4 Å². The Labute approximate surface area is 235 Å². The van der Waals surface area contributed by atoms with Crippen molar-refractivity contribution < 1.29 is 4.42 Å². The van der Waals surface area contributed by atoms with Gasteiger partial charge in [0.1, 0.15) is 18.4 Å². The highest BCUT2D eigenvalue weighted by atomic mass is 16.3. The maximum Gasteiger partial charge on any atom is 0.148 e. The summed E-state index contributed by atoms with van der Waals surface area (Å²) >= 11 is 0. The first kappa shape index (κ1) is 24.1. The summed E-state index contributed by atoms with van der Waals surface area (Å²) in [6.07, 6.45) is 0. The van der Waals surface area contributed by atoms with Crippen LogP contribution < -0.4 is 10.4 Å². The fourth-order valence-electron chi connectivity index (χ4n) is 5.46. The summed E-state index contributed by atoms with van der Waals surface area (Å²) < 4.78 is 6.31. The Balaban J connectivity index is 1.29. The van der Waals surface area contributed by atoms with Crippen molar-refractivity contribution >= 4 is 51.7 Å². The van der Waals surface area contributed by atoms with Crippen molar-refractivity contribution in [1.29, 1.82) is 0 Å². The Morgan fingerprint density at radius 3 is 1.70 bits per heavy atom. The van der Waals surface area contributed by atoms with Crippen LogP contribution in [-0.2, 0) is 0 Å². The zero-order valence-electron chi connectivity index (χ0n) is 22.3. The van der Waals surface area contributed by atoms with Gasteiger partial charge in [0.15, 0.2) is 0 Å². The minimum atomic E-state index is 0.916. The van der Waals surface area contributed by atoms with Crippen LogP contribution in [-0.4, -0.2) is 7.28 Å². The van der Waals surface area contributed by atoms with E-state index >= 15 is 0 Å². The molecule has 0 aliphatic rings. The third-order valence-corrected chi connectivity index (χ3v) is 7.56. The highest BCUT2D eigenvalue weighted by Crippen LogP contribution is 2.39. The number of rotatable bonds is 6. The smallest absolute Gasteiger partial charge is 0.148 e. The summed E-state index contributed by atoms with van der Waals surface area (Å²) in [6.45, 7) is 2.07. The average molecular weight is 512 g/mol. The Bertz CT molecular complexity index is 1910. The van der Waals surface area contributed by atoms with Crippen LogP contribution in [0.15, 0.2) is 150 Å². The Morgan fingerprint density at radius 1 is 0.475 bits per heavy atom. The van der Waals surface area contributed by atoms with Gasteiger partial charge in [0.2, 0.25) is 0 Å². The monoisotopic (exact) mass is 512 g/mol. The van der Waals surface area contributed by atoms with Gasteiger partial charge >= 0.3 is 0 Å². The molecule has 0 saturated heterocycles. The van der Waals surface area contributed by atoms with Gasteiger partial charge in [0, 0.05) is 33.4 Å². The fraction of sp³-hybridized carbons (Fsp3) is 0.0270. The molecule has 0 unspecified atom stereocenters. The molecule has 0 N–H and O–H groups in total. The SMILES string of the molecule is C[B]c1ccc(N(c2ccc(-c3ccccc3)cc2)c2ccc(-c3cccc4c3oc3ccccc34)cc2)cc1. The summed E-state index contributed by atoms with van der Waals surface area (Å²) in [5, 5.41) is 2.29. The van der Waals surface area contributed by atoms with Gasteiger partial charge in [-0.15, -0.1) is 0 Å². The van der Waals surface area contributed by atoms with Gasteiger partial charge in [-0.3, -0.25) is 0 Å². The zero-order chi connectivity index (χ0) is 26.9. The molecule has 0 amide bonds. The number of hydrogen-bond acceptors (Lipinski definition) is 2. The molecule has 1 aromatic heterocycles. The van der Waals surface area contributed by atoms with Crippen LogP contribution in [0.25, 0.3) is 44.2 Å². The van der Waals surface area contributed by atoms with E-state index in [9.17, 15) is 0 Å². The van der Waals surface area contributed by atoms with E-state index in [0.717, 1.165) is 50.1 Å². The molecule has 0 fully saturated rings. The molecule has 1 heterocycles. The van der Waals surface area contributed by atoms with Crippen molar-refractivity contribution in [3.05, 3.63) is 146 Å². The highest BCUT2D eigenvalue weighted by molar-refractivity contribution is 6.51. The van der Waals surface area contributed by atoms with Crippen molar-refractivity contribution in [1.82, 2.24) is 0 Å². The summed E-state index contributed by atoms with van der Waals surface area (Å²) in [5.41, 5.74) is 11.0. The van der Waals surface area contributed by atoms with Gasteiger partial charge in [-0.1, -0.05) is 115 Å². The lowest BCUT2D eigenvalue weighted by Crippen LogP contribution is -2.13. The quantitative estimate of drug-likeness (QED) is 0.206. The molecule has 1 radical (unpaired) electrons. The van der Waals surface area contributed by atoms with Crippen LogP contribution in [0.5, 0.6) is 0 Å². The second-order valence-corrected chi connectivity index (χ2v) is 9.96. The van der Waals surface area contributed by atoms with Gasteiger partial charge in [-0.25, -0.2) is 0 Å². The van der Waals surface area contributed by atoms with Gasteiger partial charge in [0.05, 0.1) is 0 Å². The molecule has 189 valence electrons. The van der Waals surface area contributed by atoms with E-state index in [2.05, 4.69) is 152 Å². The van der Waals surface area contributed by atoms with Crippen LogP contribution in [0.2, 0.25) is 6.82 Å². The normalized spacial score (nSPS) is 11.1. The number of nitrogens with zero attached hydrogens (tertiary/aromatic N) is 1. The molecule has 0 aliphatic carbocycles. The Hall–Kier alpha value is -5.02. The number of hydrogen-bond donors (Lipinski definition) is 0. The van der Waals surface area contributed by atoms with Gasteiger partial charge in [-0.2, -0.15) is 0 Å².